The number of nitrogens with zero attached hydrogens (tertiary/aromatic N) is 1. The van der Waals surface area contributed by atoms with Crippen molar-refractivity contribution in [1.29, 1.82) is 0 Å². The van der Waals surface area contributed by atoms with Crippen molar-refractivity contribution in [2.24, 2.45) is 0 Å². The molecule has 7 nitrogen and oxygen atoms in total. The molecule has 0 radical (unpaired) electrons. The second-order valence-corrected chi connectivity index (χ2v) is 8.52. The van der Waals surface area contributed by atoms with E-state index in [0.29, 0.717) is 23.7 Å². The van der Waals surface area contributed by atoms with E-state index in [-0.39, 0.29) is 17.4 Å². The Bertz CT molecular complexity index is 1120. The van der Waals surface area contributed by atoms with Crippen molar-refractivity contribution in [3.63, 3.8) is 0 Å². The molecular weight excluding hydrogens is 416 g/mol. The summed E-state index contributed by atoms with van der Waals surface area (Å²) in [6, 6.07) is 22.2. The van der Waals surface area contributed by atoms with Gasteiger partial charge in [0.25, 0.3) is 15.9 Å². The molecule has 3 rings (SSSR count). The van der Waals surface area contributed by atoms with Gasteiger partial charge in [-0.2, -0.15) is 0 Å². The average Bonchev–Trinajstić information content (AvgIpc) is 2.78. The number of sulfonamides is 1. The zero-order valence-electron chi connectivity index (χ0n) is 17.3. The molecule has 0 unspecified atom stereocenters. The summed E-state index contributed by atoms with van der Waals surface area (Å²) in [7, 11) is -0.553. The second kappa shape index (κ2) is 9.99. The van der Waals surface area contributed by atoms with Crippen LogP contribution in [0, 0.1) is 0 Å². The first kappa shape index (κ1) is 22.2. The van der Waals surface area contributed by atoms with Crippen LogP contribution in [-0.4, -0.2) is 40.0 Å². The minimum atomic E-state index is -3.77. The molecule has 1 amide bonds. The van der Waals surface area contributed by atoms with Crippen LogP contribution >= 0.6 is 0 Å². The number of methoxy groups -OCH3 is 1. The second-order valence-electron chi connectivity index (χ2n) is 6.83. The van der Waals surface area contributed by atoms with E-state index < -0.39 is 10.0 Å². The maximum Gasteiger partial charge on any atom is 0.261 e. The molecule has 0 saturated carbocycles. The third kappa shape index (κ3) is 6.23. The number of rotatable bonds is 9. The Hall–Kier alpha value is -3.52. The number of ether oxygens (including phenoxy) is 2. The number of nitrogens with one attached hydrogen (secondary N) is 1. The molecule has 1 N–H and O–H groups in total. The number of amides is 1. The Morgan fingerprint density at radius 3 is 2.32 bits per heavy atom. The van der Waals surface area contributed by atoms with Gasteiger partial charge < -0.3 is 14.4 Å². The van der Waals surface area contributed by atoms with Crippen molar-refractivity contribution in [3.8, 4) is 11.5 Å². The van der Waals surface area contributed by atoms with Gasteiger partial charge in [-0.25, -0.2) is 8.42 Å². The Morgan fingerprint density at radius 1 is 0.935 bits per heavy atom. The lowest BCUT2D eigenvalue weighted by Gasteiger charge is -2.17. The summed E-state index contributed by atoms with van der Waals surface area (Å²) >= 11 is 0. The Kier molecular flexibility index (Phi) is 7.15. The molecule has 0 aliphatic rings. The molecule has 0 saturated heterocycles. The van der Waals surface area contributed by atoms with Crippen LogP contribution in [0.25, 0.3) is 0 Å². The molecule has 0 heterocycles. The molecule has 162 valence electrons. The van der Waals surface area contributed by atoms with E-state index in [2.05, 4.69) is 4.72 Å². The van der Waals surface area contributed by atoms with Crippen molar-refractivity contribution in [2.45, 2.75) is 11.4 Å². The van der Waals surface area contributed by atoms with E-state index in [1.807, 2.05) is 30.3 Å². The summed E-state index contributed by atoms with van der Waals surface area (Å²) in [4.78, 5) is 13.9. The first-order chi connectivity index (χ1) is 14.9. The zero-order chi connectivity index (χ0) is 22.3. The highest BCUT2D eigenvalue weighted by molar-refractivity contribution is 7.92. The van der Waals surface area contributed by atoms with Crippen LogP contribution in [0.3, 0.4) is 0 Å². The largest absolute Gasteiger partial charge is 0.497 e. The van der Waals surface area contributed by atoms with Crippen LogP contribution in [0.2, 0.25) is 0 Å². The fraction of sp³-hybridized carbons (Fsp3) is 0.174. The van der Waals surface area contributed by atoms with E-state index in [1.54, 1.807) is 36.2 Å². The van der Waals surface area contributed by atoms with E-state index in [0.717, 1.165) is 5.56 Å². The van der Waals surface area contributed by atoms with Gasteiger partial charge in [0.05, 0.1) is 17.7 Å². The van der Waals surface area contributed by atoms with Crippen molar-refractivity contribution in [3.05, 3.63) is 84.4 Å². The van der Waals surface area contributed by atoms with Gasteiger partial charge in [0.15, 0.2) is 6.61 Å². The zero-order valence-corrected chi connectivity index (χ0v) is 18.1. The Morgan fingerprint density at radius 2 is 1.65 bits per heavy atom. The molecule has 0 aromatic heterocycles. The molecule has 3 aromatic carbocycles. The maximum atomic E-state index is 12.6. The lowest BCUT2D eigenvalue weighted by atomic mass is 10.2. The monoisotopic (exact) mass is 440 g/mol. The van der Waals surface area contributed by atoms with E-state index in [4.69, 9.17) is 9.47 Å². The minimum absolute atomic E-state index is 0.0789. The molecule has 3 aromatic rings. The van der Waals surface area contributed by atoms with Crippen LogP contribution in [-0.2, 0) is 21.4 Å². The molecule has 0 bridgehead atoms. The van der Waals surface area contributed by atoms with E-state index >= 15 is 0 Å². The Labute approximate surface area is 182 Å². The fourth-order valence-electron chi connectivity index (χ4n) is 2.82. The summed E-state index contributed by atoms with van der Waals surface area (Å²) in [5.74, 6) is 0.771. The molecule has 31 heavy (non-hydrogen) atoms. The molecule has 0 atom stereocenters. The number of carbonyl (C=O) groups excluding carboxylic acids is 1. The van der Waals surface area contributed by atoms with Crippen molar-refractivity contribution >= 4 is 21.6 Å². The normalized spacial score (nSPS) is 10.9. The standard InChI is InChI=1S/C23H24N2O5S/c1-25(16-18-7-4-3-5-8-18)23(26)17-30-20-11-13-22(14-12-20)31(27,28)24-19-9-6-10-21(15-19)29-2/h3-15,24H,16-17H2,1-2H3. The number of hydrogen-bond donors (Lipinski definition) is 1. The highest BCUT2D eigenvalue weighted by atomic mass is 32.2. The number of anilines is 1. The fourth-order valence-corrected chi connectivity index (χ4v) is 3.87. The number of hydrogen-bond acceptors (Lipinski definition) is 5. The van der Waals surface area contributed by atoms with Crippen molar-refractivity contribution in [2.75, 3.05) is 25.5 Å². The van der Waals surface area contributed by atoms with Gasteiger partial charge in [0.2, 0.25) is 0 Å². The van der Waals surface area contributed by atoms with Crippen LogP contribution in [0.15, 0.2) is 83.8 Å². The molecule has 8 heteroatoms. The van der Waals surface area contributed by atoms with Gasteiger partial charge in [0.1, 0.15) is 11.5 Å². The average molecular weight is 441 g/mol. The summed E-state index contributed by atoms with van der Waals surface area (Å²) in [6.45, 7) is 0.341. The number of likely N-dealkylation sites (N-methyl/N-ethyl adjacent to an activating group) is 1. The van der Waals surface area contributed by atoms with E-state index in [9.17, 15) is 13.2 Å². The van der Waals surface area contributed by atoms with Crippen LogP contribution < -0.4 is 14.2 Å². The number of benzene rings is 3. The molecule has 0 fully saturated rings. The first-order valence-electron chi connectivity index (χ1n) is 9.55. The Balaban J connectivity index is 1.57. The van der Waals surface area contributed by atoms with E-state index in [1.165, 1.54) is 31.4 Å². The summed E-state index contributed by atoms with van der Waals surface area (Å²) < 4.78 is 38.3. The van der Waals surface area contributed by atoms with Gasteiger partial charge in [-0.1, -0.05) is 36.4 Å². The molecule has 0 aliphatic carbocycles. The van der Waals surface area contributed by atoms with Gasteiger partial charge >= 0.3 is 0 Å². The molecular formula is C23H24N2O5S. The van der Waals surface area contributed by atoms with Crippen molar-refractivity contribution < 1.29 is 22.7 Å². The smallest absolute Gasteiger partial charge is 0.261 e. The molecule has 0 spiro atoms. The SMILES string of the molecule is COc1cccc(NS(=O)(=O)c2ccc(OCC(=O)N(C)Cc3ccccc3)cc2)c1. The van der Waals surface area contributed by atoms with Crippen LogP contribution in [0.5, 0.6) is 11.5 Å². The van der Waals surface area contributed by atoms with Crippen LogP contribution in [0.4, 0.5) is 5.69 Å². The topological polar surface area (TPSA) is 84.9 Å². The molecule has 0 aliphatic heterocycles. The quantitative estimate of drug-likeness (QED) is 0.550. The minimum Gasteiger partial charge on any atom is -0.497 e. The lowest BCUT2D eigenvalue weighted by Crippen LogP contribution is -2.30. The van der Waals surface area contributed by atoms with Crippen molar-refractivity contribution in [1.82, 2.24) is 4.90 Å². The third-order valence-corrected chi connectivity index (χ3v) is 5.90. The summed E-state index contributed by atoms with van der Waals surface area (Å²) in [5.41, 5.74) is 1.42. The third-order valence-electron chi connectivity index (χ3n) is 4.51. The highest BCUT2D eigenvalue weighted by Crippen LogP contribution is 2.22. The van der Waals surface area contributed by atoms with Gasteiger partial charge in [-0.15, -0.1) is 0 Å². The summed E-state index contributed by atoms with van der Waals surface area (Å²) in [5, 5.41) is 0. The summed E-state index contributed by atoms with van der Waals surface area (Å²) in [6.07, 6.45) is 0. The lowest BCUT2D eigenvalue weighted by molar-refractivity contribution is -0.132. The predicted octanol–water partition coefficient (Wildman–Crippen LogP) is 3.53. The predicted molar refractivity (Wildman–Crippen MR) is 119 cm³/mol. The number of carbonyl (C=O) groups is 1. The van der Waals surface area contributed by atoms with Gasteiger partial charge in [-0.05, 0) is 42.0 Å². The maximum absolute atomic E-state index is 12.6. The highest BCUT2D eigenvalue weighted by Gasteiger charge is 2.15. The van der Waals surface area contributed by atoms with Gasteiger partial charge in [-0.3, -0.25) is 9.52 Å². The first-order valence-corrected chi connectivity index (χ1v) is 11.0. The van der Waals surface area contributed by atoms with Crippen LogP contribution in [0.1, 0.15) is 5.56 Å². The van der Waals surface area contributed by atoms with Gasteiger partial charge in [0, 0.05) is 19.7 Å².